The highest BCUT2D eigenvalue weighted by Crippen LogP contribution is 2.10. The number of rotatable bonds is 4. The number of carbonyl (C=O) groups excluding carboxylic acids is 1. The van der Waals surface area contributed by atoms with Gasteiger partial charge < -0.3 is 9.88 Å². The van der Waals surface area contributed by atoms with Crippen LogP contribution in [-0.4, -0.2) is 20.7 Å². The van der Waals surface area contributed by atoms with E-state index in [9.17, 15) is 4.79 Å². The number of carbonyl (C=O) groups is 1. The first kappa shape index (κ1) is 11.4. The maximum absolute atomic E-state index is 12.0. The van der Waals surface area contributed by atoms with Gasteiger partial charge in [-0.05, 0) is 26.0 Å². The monoisotopic (exact) mass is 232 g/mol. The summed E-state index contributed by atoms with van der Waals surface area (Å²) in [6.45, 7) is 4.58. The van der Waals surface area contributed by atoms with Crippen molar-refractivity contribution in [2.45, 2.75) is 26.4 Å². The molecule has 2 rings (SSSR count). The molecule has 0 atom stereocenters. The van der Waals surface area contributed by atoms with Crippen LogP contribution in [0.2, 0.25) is 0 Å². The van der Waals surface area contributed by atoms with Crippen molar-refractivity contribution in [3.05, 3.63) is 42.0 Å². The van der Waals surface area contributed by atoms with Crippen molar-refractivity contribution in [1.82, 2.24) is 20.1 Å². The quantitative estimate of drug-likeness (QED) is 0.843. The van der Waals surface area contributed by atoms with Gasteiger partial charge in [-0.25, -0.2) is 0 Å². The van der Waals surface area contributed by atoms with Crippen LogP contribution in [0.25, 0.3) is 0 Å². The van der Waals surface area contributed by atoms with Crippen LogP contribution in [0.15, 0.2) is 30.7 Å². The summed E-state index contributed by atoms with van der Waals surface area (Å²) in [5.74, 6) is -0.0649. The Morgan fingerprint density at radius 1 is 1.59 bits per heavy atom. The van der Waals surface area contributed by atoms with Gasteiger partial charge in [0.05, 0.1) is 6.20 Å². The summed E-state index contributed by atoms with van der Waals surface area (Å²) < 4.78 is 1.95. The van der Waals surface area contributed by atoms with Gasteiger partial charge in [-0.1, -0.05) is 0 Å². The third-order valence-electron chi connectivity index (χ3n) is 2.58. The Kier molecular flexibility index (Phi) is 3.27. The molecular weight excluding hydrogens is 216 g/mol. The molecule has 2 aromatic rings. The lowest BCUT2D eigenvalue weighted by Gasteiger charge is -2.12. The largest absolute Gasteiger partial charge is 0.347 e. The Labute approximate surface area is 99.8 Å². The zero-order valence-corrected chi connectivity index (χ0v) is 9.97. The number of nitrogens with zero attached hydrogens (tertiary/aromatic N) is 2. The molecule has 5 heteroatoms. The molecule has 2 heterocycles. The van der Waals surface area contributed by atoms with Gasteiger partial charge in [-0.15, -0.1) is 0 Å². The Hall–Kier alpha value is -2.04. The predicted molar refractivity (Wildman–Crippen MR) is 64.6 cm³/mol. The highest BCUT2D eigenvalue weighted by molar-refractivity contribution is 5.92. The summed E-state index contributed by atoms with van der Waals surface area (Å²) in [5.41, 5.74) is 1.64. The molecule has 0 unspecified atom stereocenters. The second-order valence-corrected chi connectivity index (χ2v) is 4.18. The molecule has 0 aromatic carbocycles. The summed E-state index contributed by atoms with van der Waals surface area (Å²) in [7, 11) is 0. The molecule has 0 aliphatic carbocycles. The van der Waals surface area contributed by atoms with Crippen molar-refractivity contribution in [3.63, 3.8) is 0 Å². The number of hydrogen-bond donors (Lipinski definition) is 2. The van der Waals surface area contributed by atoms with Gasteiger partial charge in [0.1, 0.15) is 5.69 Å². The number of aromatic nitrogens is 3. The van der Waals surface area contributed by atoms with Crippen LogP contribution in [0.5, 0.6) is 0 Å². The third-order valence-corrected chi connectivity index (χ3v) is 2.58. The molecule has 17 heavy (non-hydrogen) atoms. The van der Waals surface area contributed by atoms with Crippen LogP contribution in [0.4, 0.5) is 0 Å². The van der Waals surface area contributed by atoms with Crippen LogP contribution in [0.3, 0.4) is 0 Å². The SMILES string of the molecule is CC(C)n1cccc1C(=O)NCc1cn[nH]c1. The molecule has 0 radical (unpaired) electrons. The summed E-state index contributed by atoms with van der Waals surface area (Å²) >= 11 is 0. The average molecular weight is 232 g/mol. The Balaban J connectivity index is 2.02. The van der Waals surface area contributed by atoms with Gasteiger partial charge in [0, 0.05) is 30.5 Å². The molecule has 2 N–H and O–H groups in total. The molecule has 0 saturated heterocycles. The molecule has 90 valence electrons. The van der Waals surface area contributed by atoms with Crippen molar-refractivity contribution >= 4 is 5.91 Å². The number of hydrogen-bond acceptors (Lipinski definition) is 2. The first-order valence-corrected chi connectivity index (χ1v) is 5.61. The topological polar surface area (TPSA) is 62.7 Å². The van der Waals surface area contributed by atoms with Crippen molar-refractivity contribution in [3.8, 4) is 0 Å². The molecule has 0 bridgehead atoms. The number of amides is 1. The Bertz CT molecular complexity index is 484. The summed E-state index contributed by atoms with van der Waals surface area (Å²) in [4.78, 5) is 12.0. The van der Waals surface area contributed by atoms with E-state index < -0.39 is 0 Å². The van der Waals surface area contributed by atoms with Crippen LogP contribution in [-0.2, 0) is 6.54 Å². The van der Waals surface area contributed by atoms with Gasteiger partial charge >= 0.3 is 0 Å². The van der Waals surface area contributed by atoms with E-state index in [1.165, 1.54) is 0 Å². The lowest BCUT2D eigenvalue weighted by molar-refractivity contribution is 0.0940. The van der Waals surface area contributed by atoms with E-state index >= 15 is 0 Å². The van der Waals surface area contributed by atoms with E-state index in [4.69, 9.17) is 0 Å². The third kappa shape index (κ3) is 2.55. The maximum atomic E-state index is 12.0. The van der Waals surface area contributed by atoms with Gasteiger partial charge in [0.25, 0.3) is 5.91 Å². The van der Waals surface area contributed by atoms with Crippen LogP contribution in [0.1, 0.15) is 35.9 Å². The Morgan fingerprint density at radius 2 is 2.41 bits per heavy atom. The zero-order chi connectivity index (χ0) is 12.3. The molecule has 0 saturated carbocycles. The first-order valence-electron chi connectivity index (χ1n) is 5.61. The molecule has 0 aliphatic rings. The number of nitrogens with one attached hydrogen (secondary N) is 2. The fourth-order valence-corrected chi connectivity index (χ4v) is 1.68. The second-order valence-electron chi connectivity index (χ2n) is 4.18. The maximum Gasteiger partial charge on any atom is 0.268 e. The van der Waals surface area contributed by atoms with Crippen molar-refractivity contribution in [2.75, 3.05) is 0 Å². The van der Waals surface area contributed by atoms with Gasteiger partial charge in [-0.3, -0.25) is 9.89 Å². The summed E-state index contributed by atoms with van der Waals surface area (Å²) in [5, 5.41) is 9.40. The molecule has 0 aliphatic heterocycles. The lowest BCUT2D eigenvalue weighted by Crippen LogP contribution is -2.25. The van der Waals surface area contributed by atoms with E-state index in [-0.39, 0.29) is 11.9 Å². The standard InChI is InChI=1S/C12H16N4O/c1-9(2)16-5-3-4-11(16)12(17)13-6-10-7-14-15-8-10/h3-5,7-9H,6H2,1-2H3,(H,13,17)(H,14,15). The second kappa shape index (κ2) is 4.86. The molecule has 0 fully saturated rings. The highest BCUT2D eigenvalue weighted by Gasteiger charge is 2.12. The van der Waals surface area contributed by atoms with Crippen LogP contribution in [0, 0.1) is 0 Å². The highest BCUT2D eigenvalue weighted by atomic mass is 16.1. The lowest BCUT2D eigenvalue weighted by atomic mass is 10.3. The summed E-state index contributed by atoms with van der Waals surface area (Å²) in [6, 6.07) is 3.98. The van der Waals surface area contributed by atoms with E-state index in [0.717, 1.165) is 5.56 Å². The Morgan fingerprint density at radius 3 is 3.06 bits per heavy atom. The normalized spacial score (nSPS) is 10.8. The smallest absolute Gasteiger partial charge is 0.268 e. The fourth-order valence-electron chi connectivity index (χ4n) is 1.68. The molecular formula is C12H16N4O. The van der Waals surface area contributed by atoms with Gasteiger partial charge in [-0.2, -0.15) is 5.10 Å². The molecule has 5 nitrogen and oxygen atoms in total. The van der Waals surface area contributed by atoms with E-state index in [1.54, 1.807) is 12.4 Å². The number of aromatic amines is 1. The van der Waals surface area contributed by atoms with Crippen LogP contribution >= 0.6 is 0 Å². The minimum atomic E-state index is -0.0649. The average Bonchev–Trinajstić information content (AvgIpc) is 2.96. The van der Waals surface area contributed by atoms with Crippen molar-refractivity contribution in [2.24, 2.45) is 0 Å². The first-order chi connectivity index (χ1) is 8.18. The minimum Gasteiger partial charge on any atom is -0.347 e. The number of H-pyrrole nitrogens is 1. The van der Waals surface area contributed by atoms with E-state index in [0.29, 0.717) is 12.2 Å². The fraction of sp³-hybridized carbons (Fsp3) is 0.333. The molecule has 1 amide bonds. The van der Waals surface area contributed by atoms with Crippen molar-refractivity contribution in [1.29, 1.82) is 0 Å². The van der Waals surface area contributed by atoms with E-state index in [1.807, 2.05) is 36.7 Å². The van der Waals surface area contributed by atoms with Gasteiger partial charge in [0.15, 0.2) is 0 Å². The zero-order valence-electron chi connectivity index (χ0n) is 9.97. The predicted octanol–water partition coefficient (Wildman–Crippen LogP) is 1.72. The van der Waals surface area contributed by atoms with Crippen LogP contribution < -0.4 is 5.32 Å². The summed E-state index contributed by atoms with van der Waals surface area (Å²) in [6.07, 6.45) is 5.38. The van der Waals surface area contributed by atoms with E-state index in [2.05, 4.69) is 15.5 Å². The minimum absolute atomic E-state index is 0.0649. The van der Waals surface area contributed by atoms with Crippen molar-refractivity contribution < 1.29 is 4.79 Å². The molecule has 0 spiro atoms. The van der Waals surface area contributed by atoms with Gasteiger partial charge in [0.2, 0.25) is 0 Å². The molecule has 2 aromatic heterocycles.